The molecule has 1 amide bonds. The first-order valence-electron chi connectivity index (χ1n) is 8.38. The van der Waals surface area contributed by atoms with Gasteiger partial charge in [-0.3, -0.25) is 9.59 Å². The number of ether oxygens (including phenoxy) is 2. The fourth-order valence-corrected chi connectivity index (χ4v) is 4.33. The maximum absolute atomic E-state index is 11.8. The van der Waals surface area contributed by atoms with Crippen LogP contribution in [0.15, 0.2) is 30.3 Å². The summed E-state index contributed by atoms with van der Waals surface area (Å²) in [6.45, 7) is 1.22. The smallest absolute Gasteiger partial charge is 0.306 e. The SMILES string of the molecule is O=C1CC[C@@H]([C@H]2CC(=O)O[C@@H]2[C@H](I)CCOCc2ccccc2)N1. The number of hydrogen-bond donors (Lipinski definition) is 1. The van der Waals surface area contributed by atoms with E-state index in [-0.39, 0.29) is 33.9 Å². The molecule has 2 fully saturated rings. The number of hydrogen-bond acceptors (Lipinski definition) is 4. The third kappa shape index (κ3) is 4.47. The van der Waals surface area contributed by atoms with Gasteiger partial charge in [-0.05, 0) is 18.4 Å². The maximum Gasteiger partial charge on any atom is 0.306 e. The number of amides is 1. The molecule has 1 N–H and O–H groups in total. The van der Waals surface area contributed by atoms with Gasteiger partial charge in [0, 0.05) is 25.0 Å². The third-order valence-corrected chi connectivity index (χ3v) is 5.98. The van der Waals surface area contributed by atoms with Gasteiger partial charge in [0.05, 0.1) is 17.0 Å². The summed E-state index contributed by atoms with van der Waals surface area (Å²) in [5, 5.41) is 2.98. The van der Waals surface area contributed by atoms with E-state index in [2.05, 4.69) is 27.9 Å². The Morgan fingerprint density at radius 3 is 2.79 bits per heavy atom. The summed E-state index contributed by atoms with van der Waals surface area (Å²) in [5.41, 5.74) is 1.15. The Balaban J connectivity index is 1.47. The number of cyclic esters (lactones) is 1. The van der Waals surface area contributed by atoms with E-state index in [0.29, 0.717) is 26.1 Å². The lowest BCUT2D eigenvalue weighted by Crippen LogP contribution is -2.40. The fraction of sp³-hybridized carbons (Fsp3) is 0.556. The van der Waals surface area contributed by atoms with Crippen LogP contribution in [0, 0.1) is 5.92 Å². The summed E-state index contributed by atoms with van der Waals surface area (Å²) >= 11 is 2.34. The van der Waals surface area contributed by atoms with Gasteiger partial charge in [-0.2, -0.15) is 0 Å². The van der Waals surface area contributed by atoms with Crippen LogP contribution in [-0.4, -0.2) is 34.6 Å². The van der Waals surface area contributed by atoms with Gasteiger partial charge in [-0.25, -0.2) is 0 Å². The van der Waals surface area contributed by atoms with E-state index in [1.807, 2.05) is 30.3 Å². The molecule has 1 aromatic rings. The maximum atomic E-state index is 11.8. The lowest BCUT2D eigenvalue weighted by Gasteiger charge is -2.26. The summed E-state index contributed by atoms with van der Waals surface area (Å²) in [7, 11) is 0. The molecule has 0 radical (unpaired) electrons. The van der Waals surface area contributed by atoms with Crippen LogP contribution in [0.5, 0.6) is 0 Å². The molecule has 1 aromatic carbocycles. The zero-order valence-corrected chi connectivity index (χ0v) is 15.6. The number of carbonyl (C=O) groups is 2. The van der Waals surface area contributed by atoms with Gasteiger partial charge in [0.1, 0.15) is 6.10 Å². The molecule has 0 aromatic heterocycles. The van der Waals surface area contributed by atoms with Crippen LogP contribution >= 0.6 is 22.6 Å². The zero-order valence-electron chi connectivity index (χ0n) is 13.4. The van der Waals surface area contributed by atoms with Crippen LogP contribution < -0.4 is 5.32 Å². The fourth-order valence-electron chi connectivity index (χ4n) is 3.39. The molecule has 2 saturated heterocycles. The molecule has 2 aliphatic rings. The second-order valence-corrected chi connectivity index (χ2v) is 7.98. The number of carbonyl (C=O) groups excluding carboxylic acids is 2. The van der Waals surface area contributed by atoms with Crippen molar-refractivity contribution in [3.05, 3.63) is 35.9 Å². The van der Waals surface area contributed by atoms with Crippen molar-refractivity contribution < 1.29 is 19.1 Å². The minimum Gasteiger partial charge on any atom is -0.461 e. The second-order valence-electron chi connectivity index (χ2n) is 6.38. The molecular formula is C18H22INO4. The molecule has 130 valence electrons. The first-order chi connectivity index (χ1) is 11.6. The van der Waals surface area contributed by atoms with E-state index >= 15 is 0 Å². The normalized spacial score (nSPS) is 27.8. The Labute approximate surface area is 155 Å². The molecule has 4 atom stereocenters. The molecular weight excluding hydrogens is 421 g/mol. The quantitative estimate of drug-likeness (QED) is 0.305. The van der Waals surface area contributed by atoms with E-state index in [4.69, 9.17) is 9.47 Å². The molecule has 0 saturated carbocycles. The van der Waals surface area contributed by atoms with E-state index in [1.54, 1.807) is 0 Å². The van der Waals surface area contributed by atoms with Gasteiger partial charge in [0.2, 0.25) is 5.91 Å². The third-order valence-electron chi connectivity index (χ3n) is 4.64. The largest absolute Gasteiger partial charge is 0.461 e. The first-order valence-corrected chi connectivity index (χ1v) is 9.62. The van der Waals surface area contributed by atoms with Gasteiger partial charge in [-0.15, -0.1) is 0 Å². The molecule has 5 nitrogen and oxygen atoms in total. The monoisotopic (exact) mass is 443 g/mol. The number of esters is 1. The summed E-state index contributed by atoms with van der Waals surface area (Å²) in [5.74, 6) is 0.00675. The standard InChI is InChI=1S/C18H22INO4/c19-14(8-9-23-11-12-4-2-1-3-5-12)18-13(10-17(22)24-18)15-6-7-16(21)20-15/h1-5,13-15,18H,6-11H2,(H,20,21)/t13-,14-,15+,18+/m1/s1. The van der Waals surface area contributed by atoms with E-state index in [1.165, 1.54) is 0 Å². The number of nitrogens with one attached hydrogen (secondary N) is 1. The van der Waals surface area contributed by atoms with Crippen molar-refractivity contribution in [3.63, 3.8) is 0 Å². The van der Waals surface area contributed by atoms with Crippen molar-refractivity contribution in [1.82, 2.24) is 5.32 Å². The average Bonchev–Trinajstić information content (AvgIpc) is 3.18. The number of halogens is 1. The Kier molecular flexibility index (Phi) is 6.10. The molecule has 24 heavy (non-hydrogen) atoms. The lowest BCUT2D eigenvalue weighted by atomic mass is 9.89. The highest BCUT2D eigenvalue weighted by Crippen LogP contribution is 2.35. The van der Waals surface area contributed by atoms with Crippen molar-refractivity contribution in [2.75, 3.05) is 6.61 Å². The zero-order chi connectivity index (χ0) is 16.9. The van der Waals surface area contributed by atoms with Crippen LogP contribution in [0.25, 0.3) is 0 Å². The topological polar surface area (TPSA) is 64.6 Å². The van der Waals surface area contributed by atoms with Crippen LogP contribution in [0.4, 0.5) is 0 Å². The minimum atomic E-state index is -0.155. The number of alkyl halides is 1. The highest BCUT2D eigenvalue weighted by Gasteiger charge is 2.45. The van der Waals surface area contributed by atoms with Crippen LogP contribution in [0.1, 0.15) is 31.2 Å². The molecule has 0 spiro atoms. The number of benzene rings is 1. The van der Waals surface area contributed by atoms with Gasteiger partial charge in [0.25, 0.3) is 0 Å². The molecule has 0 aliphatic carbocycles. The summed E-state index contributed by atoms with van der Waals surface area (Å²) in [4.78, 5) is 23.2. The van der Waals surface area contributed by atoms with Crippen LogP contribution in [-0.2, 0) is 25.7 Å². The highest BCUT2D eigenvalue weighted by atomic mass is 127. The van der Waals surface area contributed by atoms with E-state index in [9.17, 15) is 9.59 Å². The molecule has 0 bridgehead atoms. The highest BCUT2D eigenvalue weighted by molar-refractivity contribution is 14.1. The molecule has 2 heterocycles. The minimum absolute atomic E-state index is 0.0662. The Morgan fingerprint density at radius 1 is 1.29 bits per heavy atom. The van der Waals surface area contributed by atoms with Gasteiger partial charge in [0.15, 0.2) is 0 Å². The predicted molar refractivity (Wildman–Crippen MR) is 97.7 cm³/mol. The lowest BCUT2D eigenvalue weighted by molar-refractivity contribution is -0.141. The van der Waals surface area contributed by atoms with Crippen molar-refractivity contribution in [2.24, 2.45) is 5.92 Å². The molecule has 6 heteroatoms. The summed E-state index contributed by atoms with van der Waals surface area (Å²) < 4.78 is 11.5. The predicted octanol–water partition coefficient (Wildman–Crippen LogP) is 2.61. The molecule has 3 rings (SSSR count). The van der Waals surface area contributed by atoms with E-state index in [0.717, 1.165) is 18.4 Å². The summed E-state index contributed by atoms with van der Waals surface area (Å²) in [6.07, 6.45) is 2.43. The van der Waals surface area contributed by atoms with E-state index < -0.39 is 0 Å². The van der Waals surface area contributed by atoms with Gasteiger partial charge < -0.3 is 14.8 Å². The first kappa shape index (κ1) is 17.7. The van der Waals surface area contributed by atoms with Crippen molar-refractivity contribution in [2.45, 2.75) is 48.4 Å². The number of rotatable bonds is 7. The summed E-state index contributed by atoms with van der Waals surface area (Å²) in [6, 6.07) is 10.1. The van der Waals surface area contributed by atoms with Crippen LogP contribution in [0.2, 0.25) is 0 Å². The Morgan fingerprint density at radius 2 is 2.08 bits per heavy atom. The van der Waals surface area contributed by atoms with Crippen molar-refractivity contribution in [1.29, 1.82) is 0 Å². The van der Waals surface area contributed by atoms with Crippen molar-refractivity contribution in [3.8, 4) is 0 Å². The van der Waals surface area contributed by atoms with Gasteiger partial charge >= 0.3 is 5.97 Å². The van der Waals surface area contributed by atoms with Gasteiger partial charge in [-0.1, -0.05) is 52.9 Å². The second kappa shape index (κ2) is 8.29. The molecule has 0 unspecified atom stereocenters. The Hall–Kier alpha value is -1.15. The Bertz CT molecular complexity index is 580. The van der Waals surface area contributed by atoms with Crippen molar-refractivity contribution >= 4 is 34.5 Å². The molecule has 2 aliphatic heterocycles. The average molecular weight is 443 g/mol. The van der Waals surface area contributed by atoms with Crippen LogP contribution in [0.3, 0.4) is 0 Å².